The van der Waals surface area contributed by atoms with E-state index in [-0.39, 0.29) is 17.2 Å². The Balaban J connectivity index is 1.73. The molecule has 1 heterocycles. The number of esters is 1. The maximum absolute atomic E-state index is 12.6. The van der Waals surface area contributed by atoms with Crippen LogP contribution in [0.5, 0.6) is 0 Å². The Hall–Kier alpha value is -2.71. The van der Waals surface area contributed by atoms with Gasteiger partial charge in [-0.25, -0.2) is 13.2 Å². The van der Waals surface area contributed by atoms with E-state index in [4.69, 9.17) is 4.74 Å². The molecule has 1 N–H and O–H groups in total. The van der Waals surface area contributed by atoms with Crippen molar-refractivity contribution in [1.82, 2.24) is 4.31 Å². The van der Waals surface area contributed by atoms with Gasteiger partial charge in [0.25, 0.3) is 0 Å². The second-order valence-electron chi connectivity index (χ2n) is 6.35. The van der Waals surface area contributed by atoms with Crippen LogP contribution in [0.3, 0.4) is 0 Å². The zero-order valence-electron chi connectivity index (χ0n) is 15.7. The molecule has 0 radical (unpaired) electrons. The number of rotatable bonds is 7. The number of carbonyl (C=O) groups is 2. The van der Waals surface area contributed by atoms with Crippen molar-refractivity contribution in [2.24, 2.45) is 0 Å². The lowest BCUT2D eigenvalue weighted by molar-refractivity contribution is -0.118. The molecule has 0 bridgehead atoms. The van der Waals surface area contributed by atoms with Crippen molar-refractivity contribution in [3.8, 4) is 0 Å². The minimum atomic E-state index is -3.62. The van der Waals surface area contributed by atoms with Crippen molar-refractivity contribution in [3.05, 3.63) is 59.7 Å². The Morgan fingerprint density at radius 3 is 2.54 bits per heavy atom. The van der Waals surface area contributed by atoms with Gasteiger partial charge in [0, 0.05) is 24.3 Å². The van der Waals surface area contributed by atoms with Gasteiger partial charge in [-0.2, -0.15) is 4.31 Å². The van der Waals surface area contributed by atoms with Crippen LogP contribution in [0.15, 0.2) is 53.4 Å². The van der Waals surface area contributed by atoms with E-state index in [9.17, 15) is 18.0 Å². The molecule has 148 valence electrons. The summed E-state index contributed by atoms with van der Waals surface area (Å²) in [5.74, 6) is -0.812. The molecule has 2 aromatic rings. The molecule has 2 aromatic carbocycles. The van der Waals surface area contributed by atoms with Crippen molar-refractivity contribution >= 4 is 27.6 Å². The second kappa shape index (κ2) is 8.12. The Labute approximate surface area is 164 Å². The van der Waals surface area contributed by atoms with Crippen LogP contribution >= 0.6 is 0 Å². The normalized spacial score (nSPS) is 16.0. The molecule has 0 aliphatic carbocycles. The molecule has 0 unspecified atom stereocenters. The molecule has 28 heavy (non-hydrogen) atoms. The standard InChI is InChI=1S/C20H22N2O5S/c1-3-22(4-2)28(25,26)15-9-7-8-14(12-15)21-19(23)13-18-16-10-5-6-11-17(16)20(24)27-18/h5-12,18H,3-4,13H2,1-2H3,(H,21,23)/t18-/m1/s1. The highest BCUT2D eigenvalue weighted by atomic mass is 32.2. The fraction of sp³-hybridized carbons (Fsp3) is 0.300. The van der Waals surface area contributed by atoms with Gasteiger partial charge in [0.1, 0.15) is 6.10 Å². The minimum Gasteiger partial charge on any atom is -0.453 e. The van der Waals surface area contributed by atoms with Crippen LogP contribution < -0.4 is 5.32 Å². The average molecular weight is 402 g/mol. The van der Waals surface area contributed by atoms with E-state index in [1.54, 1.807) is 50.2 Å². The number of ether oxygens (including phenoxy) is 1. The quantitative estimate of drug-likeness (QED) is 0.719. The van der Waals surface area contributed by atoms with Crippen LogP contribution in [0, 0.1) is 0 Å². The predicted octanol–water partition coefficient (Wildman–Crippen LogP) is 2.96. The van der Waals surface area contributed by atoms with Gasteiger partial charge in [0.2, 0.25) is 15.9 Å². The number of anilines is 1. The zero-order chi connectivity index (χ0) is 20.3. The minimum absolute atomic E-state index is 0.0459. The first-order chi connectivity index (χ1) is 13.4. The summed E-state index contributed by atoms with van der Waals surface area (Å²) in [6, 6.07) is 13.1. The van der Waals surface area contributed by atoms with E-state index in [2.05, 4.69) is 5.32 Å². The van der Waals surface area contributed by atoms with E-state index < -0.39 is 22.1 Å². The molecular formula is C20H22N2O5S. The molecule has 1 aliphatic heterocycles. The molecule has 0 fully saturated rings. The molecule has 8 heteroatoms. The maximum Gasteiger partial charge on any atom is 0.339 e. The lowest BCUT2D eigenvalue weighted by Crippen LogP contribution is -2.30. The summed E-state index contributed by atoms with van der Waals surface area (Å²) >= 11 is 0. The second-order valence-corrected chi connectivity index (χ2v) is 8.29. The van der Waals surface area contributed by atoms with Gasteiger partial charge in [-0.05, 0) is 24.3 Å². The van der Waals surface area contributed by atoms with Gasteiger partial charge >= 0.3 is 5.97 Å². The van der Waals surface area contributed by atoms with Crippen LogP contribution in [0.2, 0.25) is 0 Å². The number of amides is 1. The van der Waals surface area contributed by atoms with E-state index in [0.717, 1.165) is 0 Å². The Morgan fingerprint density at radius 2 is 1.82 bits per heavy atom. The molecule has 0 aromatic heterocycles. The molecule has 0 spiro atoms. The zero-order valence-corrected chi connectivity index (χ0v) is 16.5. The summed E-state index contributed by atoms with van der Waals surface area (Å²) in [7, 11) is -3.62. The number of fused-ring (bicyclic) bond motifs is 1. The Morgan fingerprint density at radius 1 is 1.11 bits per heavy atom. The average Bonchev–Trinajstić information content (AvgIpc) is 2.98. The largest absolute Gasteiger partial charge is 0.453 e. The van der Waals surface area contributed by atoms with Crippen LogP contribution in [-0.4, -0.2) is 37.7 Å². The number of hydrogen-bond acceptors (Lipinski definition) is 5. The van der Waals surface area contributed by atoms with Crippen molar-refractivity contribution in [2.45, 2.75) is 31.3 Å². The molecular weight excluding hydrogens is 380 g/mol. The smallest absolute Gasteiger partial charge is 0.339 e. The van der Waals surface area contributed by atoms with Gasteiger partial charge in [-0.1, -0.05) is 38.1 Å². The Bertz CT molecular complexity index is 999. The summed E-state index contributed by atoms with van der Waals surface area (Å²) in [5.41, 5.74) is 1.52. The van der Waals surface area contributed by atoms with Crippen molar-refractivity contribution in [3.63, 3.8) is 0 Å². The van der Waals surface area contributed by atoms with Gasteiger partial charge in [0.15, 0.2) is 0 Å². The first-order valence-electron chi connectivity index (χ1n) is 9.06. The van der Waals surface area contributed by atoms with Crippen LogP contribution in [-0.2, 0) is 19.6 Å². The van der Waals surface area contributed by atoms with Crippen molar-refractivity contribution in [1.29, 1.82) is 0 Å². The lowest BCUT2D eigenvalue weighted by atomic mass is 10.0. The molecule has 7 nitrogen and oxygen atoms in total. The number of nitrogens with one attached hydrogen (secondary N) is 1. The summed E-state index contributed by atoms with van der Waals surface area (Å²) in [6.45, 7) is 4.27. The molecule has 0 saturated carbocycles. The van der Waals surface area contributed by atoms with Gasteiger partial charge in [-0.3, -0.25) is 4.79 Å². The summed E-state index contributed by atoms with van der Waals surface area (Å²) < 4.78 is 31.9. The van der Waals surface area contributed by atoms with Gasteiger partial charge in [0.05, 0.1) is 16.9 Å². The van der Waals surface area contributed by atoms with Gasteiger partial charge in [-0.15, -0.1) is 0 Å². The molecule has 1 aliphatic rings. The van der Waals surface area contributed by atoms with E-state index in [0.29, 0.717) is 29.9 Å². The maximum atomic E-state index is 12.6. The number of benzene rings is 2. The Kier molecular flexibility index (Phi) is 5.81. The number of sulfonamides is 1. The summed E-state index contributed by atoms with van der Waals surface area (Å²) in [5, 5.41) is 2.69. The van der Waals surface area contributed by atoms with Crippen molar-refractivity contribution < 1.29 is 22.7 Å². The third kappa shape index (κ3) is 3.93. The first kappa shape index (κ1) is 20.0. The predicted molar refractivity (Wildman–Crippen MR) is 104 cm³/mol. The summed E-state index contributed by atoms with van der Waals surface area (Å²) in [4.78, 5) is 24.4. The topological polar surface area (TPSA) is 92.8 Å². The van der Waals surface area contributed by atoms with E-state index in [1.165, 1.54) is 16.4 Å². The highest BCUT2D eigenvalue weighted by Crippen LogP contribution is 2.33. The number of hydrogen-bond donors (Lipinski definition) is 1. The van der Waals surface area contributed by atoms with Gasteiger partial charge < -0.3 is 10.1 Å². The summed E-state index contributed by atoms with van der Waals surface area (Å²) in [6.07, 6.45) is -0.693. The highest BCUT2D eigenvalue weighted by molar-refractivity contribution is 7.89. The number of nitrogens with zero attached hydrogens (tertiary/aromatic N) is 1. The molecule has 1 amide bonds. The fourth-order valence-corrected chi connectivity index (χ4v) is 4.70. The van der Waals surface area contributed by atoms with Crippen molar-refractivity contribution in [2.75, 3.05) is 18.4 Å². The first-order valence-corrected chi connectivity index (χ1v) is 10.5. The van der Waals surface area contributed by atoms with E-state index in [1.807, 2.05) is 0 Å². The molecule has 3 rings (SSSR count). The van der Waals surface area contributed by atoms with Crippen LogP contribution in [0.4, 0.5) is 5.69 Å². The van der Waals surface area contributed by atoms with E-state index >= 15 is 0 Å². The fourth-order valence-electron chi connectivity index (χ4n) is 3.20. The third-order valence-electron chi connectivity index (χ3n) is 4.61. The number of carbonyl (C=O) groups excluding carboxylic acids is 2. The van der Waals surface area contributed by atoms with Crippen LogP contribution in [0.25, 0.3) is 0 Å². The monoisotopic (exact) mass is 402 g/mol. The SMILES string of the molecule is CCN(CC)S(=O)(=O)c1cccc(NC(=O)C[C@H]2OC(=O)c3ccccc32)c1. The molecule has 0 saturated heterocycles. The highest BCUT2D eigenvalue weighted by Gasteiger charge is 2.32. The number of cyclic esters (lactones) is 1. The molecule has 1 atom stereocenters. The lowest BCUT2D eigenvalue weighted by Gasteiger charge is -2.19. The third-order valence-corrected chi connectivity index (χ3v) is 6.65. The van der Waals surface area contributed by atoms with Crippen LogP contribution in [0.1, 0.15) is 42.3 Å².